The lowest BCUT2D eigenvalue weighted by Gasteiger charge is -2.61. The molecule has 0 aromatic carbocycles. The summed E-state index contributed by atoms with van der Waals surface area (Å²) in [7, 11) is 0. The van der Waals surface area contributed by atoms with Crippen molar-refractivity contribution in [2.45, 2.75) is 117 Å². The van der Waals surface area contributed by atoms with Crippen LogP contribution in [0.2, 0.25) is 0 Å². The highest BCUT2D eigenvalue weighted by Gasteiger charge is 2.70. The molecule has 0 unspecified atom stereocenters. The lowest BCUT2D eigenvalue weighted by atomic mass is 9.44. The molecular formula is C29H47NO3. The number of nitrogens with zero attached hydrogens (tertiary/aromatic N) is 1. The van der Waals surface area contributed by atoms with Crippen molar-refractivity contribution < 1.29 is 14.6 Å². The second kappa shape index (κ2) is 7.45. The van der Waals surface area contributed by atoms with Gasteiger partial charge in [0.1, 0.15) is 5.72 Å². The number of carbonyl (C=O) groups is 1. The van der Waals surface area contributed by atoms with E-state index in [0.717, 1.165) is 49.5 Å². The molecule has 2 saturated heterocycles. The first kappa shape index (κ1) is 22.8. The van der Waals surface area contributed by atoms with Crippen LogP contribution >= 0.6 is 0 Å². The Balaban J connectivity index is 1.28. The average Bonchev–Trinajstić information content (AvgIpc) is 3.21. The third-order valence-corrected chi connectivity index (χ3v) is 12.7. The molecule has 0 bridgehead atoms. The zero-order chi connectivity index (χ0) is 23.3. The summed E-state index contributed by atoms with van der Waals surface area (Å²) in [5.41, 5.74) is 0.416. The molecule has 4 heteroatoms. The number of aliphatic hydroxyl groups is 1. The predicted molar refractivity (Wildman–Crippen MR) is 129 cm³/mol. The minimum atomic E-state index is -0.359. The van der Waals surface area contributed by atoms with Gasteiger partial charge in [-0.1, -0.05) is 27.7 Å². The van der Waals surface area contributed by atoms with Crippen LogP contribution in [-0.4, -0.2) is 40.4 Å². The van der Waals surface area contributed by atoms with E-state index in [4.69, 9.17) is 4.74 Å². The van der Waals surface area contributed by atoms with E-state index < -0.39 is 0 Å². The molecule has 2 heterocycles. The second-order valence-corrected chi connectivity index (χ2v) is 14.0. The molecule has 6 aliphatic rings. The zero-order valence-corrected chi connectivity index (χ0v) is 21.7. The zero-order valence-electron chi connectivity index (χ0n) is 21.7. The molecule has 186 valence electrons. The van der Waals surface area contributed by atoms with Crippen molar-refractivity contribution in [2.75, 3.05) is 6.54 Å². The fourth-order valence-electron chi connectivity index (χ4n) is 11.1. The highest BCUT2D eigenvalue weighted by Crippen LogP contribution is 2.71. The van der Waals surface area contributed by atoms with Crippen LogP contribution in [-0.2, 0) is 9.53 Å². The maximum atomic E-state index is 12.7. The second-order valence-electron chi connectivity index (χ2n) is 14.0. The van der Waals surface area contributed by atoms with Gasteiger partial charge in [-0.3, -0.25) is 4.79 Å². The number of amides is 1. The predicted octanol–water partition coefficient (Wildman–Crippen LogP) is 5.63. The monoisotopic (exact) mass is 457 g/mol. The molecule has 2 aliphatic heterocycles. The third kappa shape index (κ3) is 2.98. The van der Waals surface area contributed by atoms with Crippen LogP contribution in [0.1, 0.15) is 98.8 Å². The Labute approximate surface area is 201 Å². The molecule has 0 aromatic rings. The lowest BCUT2D eigenvalue weighted by Crippen LogP contribution is -2.60. The molecule has 1 amide bonds. The van der Waals surface area contributed by atoms with E-state index in [1.165, 1.54) is 44.9 Å². The summed E-state index contributed by atoms with van der Waals surface area (Å²) in [6.07, 6.45) is 12.3. The largest absolute Gasteiger partial charge is 0.393 e. The van der Waals surface area contributed by atoms with Gasteiger partial charge >= 0.3 is 0 Å². The summed E-state index contributed by atoms with van der Waals surface area (Å²) < 4.78 is 7.10. The number of rotatable bonds is 0. The van der Waals surface area contributed by atoms with Crippen molar-refractivity contribution >= 4 is 5.91 Å². The van der Waals surface area contributed by atoms with Crippen molar-refractivity contribution in [3.8, 4) is 0 Å². The Morgan fingerprint density at radius 2 is 1.70 bits per heavy atom. The van der Waals surface area contributed by atoms with Crippen molar-refractivity contribution in [1.82, 2.24) is 4.90 Å². The van der Waals surface area contributed by atoms with E-state index in [0.29, 0.717) is 34.7 Å². The van der Waals surface area contributed by atoms with Gasteiger partial charge in [0.2, 0.25) is 5.91 Å². The number of likely N-dealkylation sites (tertiary alicyclic amines) is 1. The maximum absolute atomic E-state index is 12.7. The number of aliphatic hydroxyl groups excluding tert-OH is 1. The first-order valence-electron chi connectivity index (χ1n) is 14.2. The van der Waals surface area contributed by atoms with Gasteiger partial charge in [0.15, 0.2) is 0 Å². The highest BCUT2D eigenvalue weighted by molar-refractivity contribution is 5.74. The van der Waals surface area contributed by atoms with Gasteiger partial charge < -0.3 is 14.7 Å². The smallest absolute Gasteiger partial charge is 0.221 e. The van der Waals surface area contributed by atoms with Gasteiger partial charge in [-0.15, -0.1) is 0 Å². The normalized spacial score (nSPS) is 57.9. The Morgan fingerprint density at radius 1 is 0.939 bits per heavy atom. The molecule has 0 radical (unpaired) electrons. The Morgan fingerprint density at radius 3 is 2.45 bits per heavy atom. The van der Waals surface area contributed by atoms with Crippen molar-refractivity contribution in [1.29, 1.82) is 0 Å². The topological polar surface area (TPSA) is 49.8 Å². The molecule has 4 aliphatic carbocycles. The van der Waals surface area contributed by atoms with Crippen molar-refractivity contribution in [2.24, 2.45) is 52.3 Å². The molecule has 33 heavy (non-hydrogen) atoms. The minimum absolute atomic E-state index is 0.0628. The number of hydrogen-bond acceptors (Lipinski definition) is 3. The van der Waals surface area contributed by atoms with E-state index in [-0.39, 0.29) is 17.7 Å². The standard InChI is InChI=1S/C29H47NO3/c1-17-8-13-29(30(16-17)19(3)31)18(2)26-25(33-29)15-24-22-7-6-20-14-21(32)9-11-27(20,4)23(22)10-12-28(24,26)5/h17-18,20-26,32H,6-16H2,1-5H3/t17-,18+,20+,21+,22-,23+,24+,25+,26+,27+,28+,29-/m1/s1. The molecule has 4 nitrogen and oxygen atoms in total. The fraction of sp³-hybridized carbons (Fsp3) is 0.966. The van der Waals surface area contributed by atoms with E-state index in [2.05, 4.69) is 32.6 Å². The van der Waals surface area contributed by atoms with Crippen LogP contribution in [0.5, 0.6) is 0 Å². The van der Waals surface area contributed by atoms with E-state index >= 15 is 0 Å². The maximum Gasteiger partial charge on any atom is 0.221 e. The third-order valence-electron chi connectivity index (χ3n) is 12.7. The van der Waals surface area contributed by atoms with Gasteiger partial charge in [-0.25, -0.2) is 0 Å². The SMILES string of the molecule is CC(=O)N1C[C@H](C)CC[C@]12O[C@H]1C[C@H]3[C@@H]4CC[C@H]5C[C@@H](O)CC[C@]5(C)[C@H]4CC[C@]3(C)[C@H]1[C@@H]2C. The van der Waals surface area contributed by atoms with E-state index in [1.54, 1.807) is 6.92 Å². The Kier molecular flexibility index (Phi) is 5.15. The Hall–Kier alpha value is -0.610. The molecule has 4 saturated carbocycles. The van der Waals surface area contributed by atoms with Gasteiger partial charge in [0, 0.05) is 19.4 Å². The van der Waals surface area contributed by atoms with Crippen molar-refractivity contribution in [3.05, 3.63) is 0 Å². The van der Waals surface area contributed by atoms with E-state index in [9.17, 15) is 9.90 Å². The van der Waals surface area contributed by atoms with Gasteiger partial charge in [0.25, 0.3) is 0 Å². The van der Waals surface area contributed by atoms with Crippen LogP contribution in [0.25, 0.3) is 0 Å². The van der Waals surface area contributed by atoms with Crippen molar-refractivity contribution in [3.63, 3.8) is 0 Å². The number of fused-ring (bicyclic) bond motifs is 7. The molecule has 0 aromatic heterocycles. The summed E-state index contributed by atoms with van der Waals surface area (Å²) in [4.78, 5) is 14.9. The van der Waals surface area contributed by atoms with Crippen LogP contribution in [0, 0.1) is 52.3 Å². The molecule has 6 fully saturated rings. The number of piperidine rings is 1. The first-order chi connectivity index (χ1) is 15.6. The fourth-order valence-corrected chi connectivity index (χ4v) is 11.1. The lowest BCUT2D eigenvalue weighted by molar-refractivity contribution is -0.201. The van der Waals surface area contributed by atoms with E-state index in [1.807, 2.05) is 0 Å². The molecule has 12 atom stereocenters. The minimum Gasteiger partial charge on any atom is -0.393 e. The molecule has 1 spiro atoms. The first-order valence-corrected chi connectivity index (χ1v) is 14.2. The summed E-state index contributed by atoms with van der Waals surface area (Å²) in [6, 6.07) is 0. The number of ether oxygens (including phenoxy) is 1. The summed E-state index contributed by atoms with van der Waals surface area (Å²) in [6.45, 7) is 12.5. The van der Waals surface area contributed by atoms with Gasteiger partial charge in [0.05, 0.1) is 12.2 Å². The van der Waals surface area contributed by atoms with Crippen LogP contribution in [0.4, 0.5) is 0 Å². The molecule has 6 rings (SSSR count). The summed E-state index contributed by atoms with van der Waals surface area (Å²) in [5, 5.41) is 10.3. The summed E-state index contributed by atoms with van der Waals surface area (Å²) in [5.74, 6) is 4.91. The van der Waals surface area contributed by atoms with Crippen LogP contribution in [0.15, 0.2) is 0 Å². The summed E-state index contributed by atoms with van der Waals surface area (Å²) >= 11 is 0. The Bertz CT molecular complexity index is 815. The quantitative estimate of drug-likeness (QED) is 0.513. The molecular weight excluding hydrogens is 410 g/mol. The number of carbonyl (C=O) groups excluding carboxylic acids is 1. The average molecular weight is 458 g/mol. The molecule has 1 N–H and O–H groups in total. The van der Waals surface area contributed by atoms with Gasteiger partial charge in [-0.2, -0.15) is 0 Å². The van der Waals surface area contributed by atoms with Crippen LogP contribution < -0.4 is 0 Å². The van der Waals surface area contributed by atoms with Gasteiger partial charge in [-0.05, 0) is 111 Å². The highest BCUT2D eigenvalue weighted by atomic mass is 16.5. The van der Waals surface area contributed by atoms with Crippen LogP contribution in [0.3, 0.4) is 0 Å². The number of hydrogen-bond donors (Lipinski definition) is 1.